The van der Waals surface area contributed by atoms with Crippen LogP contribution in [0.1, 0.15) is 15.4 Å². The van der Waals surface area contributed by atoms with E-state index in [1.807, 2.05) is 0 Å². The summed E-state index contributed by atoms with van der Waals surface area (Å²) in [6.07, 6.45) is -0.0153. The van der Waals surface area contributed by atoms with E-state index in [2.05, 4.69) is 19.1 Å². The molecule has 0 amide bonds. The lowest BCUT2D eigenvalue weighted by Gasteiger charge is -1.97. The average Bonchev–Trinajstić information content (AvgIpc) is 2.64. The van der Waals surface area contributed by atoms with Crippen molar-refractivity contribution >= 4 is 23.5 Å². The van der Waals surface area contributed by atoms with Gasteiger partial charge in [0.25, 0.3) is 0 Å². The van der Waals surface area contributed by atoms with Gasteiger partial charge in [0.1, 0.15) is 0 Å². The molecule has 0 bridgehead atoms. The van der Waals surface area contributed by atoms with Gasteiger partial charge in [0.2, 0.25) is 0 Å². The molecule has 0 aromatic carbocycles. The summed E-state index contributed by atoms with van der Waals surface area (Å²) in [7, 11) is 2.51. The summed E-state index contributed by atoms with van der Waals surface area (Å²) in [4.78, 5) is 22.5. The summed E-state index contributed by atoms with van der Waals surface area (Å²) < 4.78 is 12.5. The maximum Gasteiger partial charge on any atom is 0.359 e. The lowest BCUT2D eigenvalue weighted by atomic mass is 10.3. The van der Waals surface area contributed by atoms with Crippen LogP contribution in [0.3, 0.4) is 0 Å². The summed E-state index contributed by atoms with van der Waals surface area (Å²) in [5, 5.41) is 3.56. The van der Waals surface area contributed by atoms with Crippen LogP contribution >= 0.6 is 11.5 Å². The Morgan fingerprint density at radius 3 is 2.64 bits per heavy atom. The van der Waals surface area contributed by atoms with Crippen LogP contribution in [0.4, 0.5) is 0 Å². The molecule has 0 aliphatic rings. The van der Waals surface area contributed by atoms with E-state index in [9.17, 15) is 9.59 Å². The molecule has 0 spiro atoms. The van der Waals surface area contributed by atoms with Crippen LogP contribution in [0.2, 0.25) is 0 Å². The molecule has 14 heavy (non-hydrogen) atoms. The molecule has 0 atom stereocenters. The molecule has 0 radical (unpaired) electrons. The van der Waals surface area contributed by atoms with Gasteiger partial charge in [0.15, 0.2) is 5.69 Å². The Balaban J connectivity index is 2.82. The lowest BCUT2D eigenvalue weighted by molar-refractivity contribution is -0.139. The number of carbonyl (C=O) groups is 2. The van der Waals surface area contributed by atoms with Gasteiger partial charge in [-0.05, 0) is 11.5 Å². The highest BCUT2D eigenvalue weighted by atomic mass is 32.1. The molecule has 0 aliphatic heterocycles. The zero-order valence-corrected chi connectivity index (χ0v) is 8.46. The fraction of sp³-hybridized carbons (Fsp3) is 0.429. The highest BCUT2D eigenvalue weighted by molar-refractivity contribution is 7.05. The van der Waals surface area contributed by atoms with E-state index in [0.29, 0.717) is 4.88 Å². The van der Waals surface area contributed by atoms with Gasteiger partial charge in [0, 0.05) is 0 Å². The molecule has 1 aromatic rings. The number of hydrogen-bond acceptors (Lipinski definition) is 7. The second kappa shape index (κ2) is 4.66. The molecule has 0 N–H and O–H groups in total. The van der Waals surface area contributed by atoms with Crippen molar-refractivity contribution in [1.82, 2.24) is 9.59 Å². The highest BCUT2D eigenvalue weighted by Crippen LogP contribution is 2.12. The SMILES string of the molecule is COC(=O)Cc1snnc1C(=O)OC. The molecule has 0 fully saturated rings. The third-order valence-electron chi connectivity index (χ3n) is 1.47. The topological polar surface area (TPSA) is 78.4 Å². The first-order valence-electron chi connectivity index (χ1n) is 3.65. The third-order valence-corrected chi connectivity index (χ3v) is 2.19. The van der Waals surface area contributed by atoms with Crippen LogP contribution in [0.5, 0.6) is 0 Å². The summed E-state index contributed by atoms with van der Waals surface area (Å²) in [5.74, 6) is -1.04. The maximum absolute atomic E-state index is 11.1. The van der Waals surface area contributed by atoms with Crippen molar-refractivity contribution < 1.29 is 19.1 Å². The molecular weight excluding hydrogens is 208 g/mol. The largest absolute Gasteiger partial charge is 0.469 e. The number of carbonyl (C=O) groups excluding carboxylic acids is 2. The summed E-state index contributed by atoms with van der Waals surface area (Å²) in [6.45, 7) is 0. The monoisotopic (exact) mass is 216 g/mol. The van der Waals surface area contributed by atoms with E-state index in [4.69, 9.17) is 0 Å². The minimum atomic E-state index is -0.599. The summed E-state index contributed by atoms with van der Waals surface area (Å²) in [5.41, 5.74) is 0.0721. The van der Waals surface area contributed by atoms with E-state index in [1.54, 1.807) is 0 Å². The first kappa shape index (κ1) is 10.6. The van der Waals surface area contributed by atoms with Gasteiger partial charge in [-0.1, -0.05) is 4.49 Å². The molecule has 1 aromatic heterocycles. The molecule has 0 aliphatic carbocycles. The van der Waals surface area contributed by atoms with E-state index in [0.717, 1.165) is 11.5 Å². The first-order chi connectivity index (χ1) is 6.69. The summed E-state index contributed by atoms with van der Waals surface area (Å²) >= 11 is 0.974. The van der Waals surface area contributed by atoms with Gasteiger partial charge >= 0.3 is 11.9 Å². The zero-order chi connectivity index (χ0) is 10.6. The second-order valence-electron chi connectivity index (χ2n) is 2.29. The van der Waals surface area contributed by atoms with Gasteiger partial charge in [-0.15, -0.1) is 5.10 Å². The van der Waals surface area contributed by atoms with Crippen LogP contribution < -0.4 is 0 Å². The average molecular weight is 216 g/mol. The number of rotatable bonds is 3. The number of esters is 2. The lowest BCUT2D eigenvalue weighted by Crippen LogP contribution is -2.09. The van der Waals surface area contributed by atoms with E-state index in [-0.39, 0.29) is 12.1 Å². The van der Waals surface area contributed by atoms with E-state index < -0.39 is 11.9 Å². The van der Waals surface area contributed by atoms with Crippen LogP contribution in [-0.4, -0.2) is 35.7 Å². The van der Waals surface area contributed by atoms with Gasteiger partial charge in [0.05, 0.1) is 25.5 Å². The minimum Gasteiger partial charge on any atom is -0.469 e. The Morgan fingerprint density at radius 1 is 1.36 bits per heavy atom. The van der Waals surface area contributed by atoms with Crippen LogP contribution in [0.15, 0.2) is 0 Å². The fourth-order valence-electron chi connectivity index (χ4n) is 0.780. The Hall–Kier alpha value is -1.50. The standard InChI is InChI=1S/C7H8N2O4S/c1-12-5(10)3-4-6(7(11)13-2)8-9-14-4/h3H2,1-2H3. The van der Waals surface area contributed by atoms with Gasteiger partial charge in [-0.25, -0.2) is 4.79 Å². The first-order valence-corrected chi connectivity index (χ1v) is 4.42. The normalized spacial score (nSPS) is 9.57. The molecule has 0 saturated heterocycles. The molecule has 1 rings (SSSR count). The predicted molar refractivity (Wildman–Crippen MR) is 47.0 cm³/mol. The number of nitrogens with zero attached hydrogens (tertiary/aromatic N) is 2. The van der Waals surface area contributed by atoms with Crippen molar-refractivity contribution in [3.63, 3.8) is 0 Å². The van der Waals surface area contributed by atoms with Crippen LogP contribution in [-0.2, 0) is 20.7 Å². The van der Waals surface area contributed by atoms with Crippen molar-refractivity contribution in [2.75, 3.05) is 14.2 Å². The Bertz CT molecular complexity index is 349. The maximum atomic E-state index is 11.1. The molecule has 6 nitrogen and oxygen atoms in total. The molecule has 0 saturated carbocycles. The second-order valence-corrected chi connectivity index (χ2v) is 3.13. The van der Waals surface area contributed by atoms with Crippen LogP contribution in [0, 0.1) is 0 Å². The number of methoxy groups -OCH3 is 2. The fourth-order valence-corrected chi connectivity index (χ4v) is 1.39. The van der Waals surface area contributed by atoms with E-state index >= 15 is 0 Å². The molecule has 0 unspecified atom stereocenters. The molecule has 1 heterocycles. The number of aromatic nitrogens is 2. The van der Waals surface area contributed by atoms with E-state index in [1.165, 1.54) is 14.2 Å². The van der Waals surface area contributed by atoms with Gasteiger partial charge in [-0.2, -0.15) is 0 Å². The van der Waals surface area contributed by atoms with Crippen molar-refractivity contribution in [1.29, 1.82) is 0 Å². The third kappa shape index (κ3) is 2.25. The summed E-state index contributed by atoms with van der Waals surface area (Å²) in [6, 6.07) is 0. The Morgan fingerprint density at radius 2 is 2.07 bits per heavy atom. The quantitative estimate of drug-likeness (QED) is 0.664. The molecule has 76 valence electrons. The predicted octanol–water partition coefficient (Wildman–Crippen LogP) is 0.0402. The van der Waals surface area contributed by atoms with Crippen LogP contribution in [0.25, 0.3) is 0 Å². The van der Waals surface area contributed by atoms with Crippen molar-refractivity contribution in [3.05, 3.63) is 10.6 Å². The minimum absolute atomic E-state index is 0.0153. The Kier molecular flexibility index (Phi) is 3.52. The molecule has 7 heteroatoms. The Labute approximate surface area is 84.0 Å². The smallest absolute Gasteiger partial charge is 0.359 e. The number of hydrogen-bond donors (Lipinski definition) is 0. The zero-order valence-electron chi connectivity index (χ0n) is 7.64. The van der Waals surface area contributed by atoms with Crippen molar-refractivity contribution in [2.24, 2.45) is 0 Å². The van der Waals surface area contributed by atoms with Crippen molar-refractivity contribution in [2.45, 2.75) is 6.42 Å². The highest BCUT2D eigenvalue weighted by Gasteiger charge is 2.19. The van der Waals surface area contributed by atoms with Crippen molar-refractivity contribution in [3.8, 4) is 0 Å². The van der Waals surface area contributed by atoms with Gasteiger partial charge in [-0.3, -0.25) is 4.79 Å². The van der Waals surface area contributed by atoms with Gasteiger partial charge < -0.3 is 9.47 Å². The molecular formula is C7H8N2O4S. The number of ether oxygens (including phenoxy) is 2.